The molecule has 0 radical (unpaired) electrons. The molecular weight excluding hydrogens is 518 g/mol. The van der Waals surface area contributed by atoms with Crippen LogP contribution in [0.1, 0.15) is 18.4 Å². The third kappa shape index (κ3) is 7.43. The molecule has 2 amide bonds. The average Bonchev–Trinajstić information content (AvgIpc) is 2.96. The fraction of sp³-hybridized carbons (Fsp3) is 0.333. The Morgan fingerprint density at radius 2 is 1.49 bits per heavy atom. The van der Waals surface area contributed by atoms with Gasteiger partial charge in [0.05, 0.1) is 21.3 Å². The van der Waals surface area contributed by atoms with Gasteiger partial charge < -0.3 is 24.4 Å². The summed E-state index contributed by atoms with van der Waals surface area (Å²) in [7, 11) is 4.55. The number of hydrogen-bond donors (Lipinski definition) is 1. The number of carbonyl (C=O) groups is 2. The number of halogens is 1. The molecule has 3 aromatic carbocycles. The Morgan fingerprint density at radius 3 is 2.10 bits per heavy atom. The van der Waals surface area contributed by atoms with Gasteiger partial charge in [-0.1, -0.05) is 41.9 Å². The Balaban J connectivity index is 1.24. The van der Waals surface area contributed by atoms with Crippen LogP contribution in [0.15, 0.2) is 60.7 Å². The van der Waals surface area contributed by atoms with E-state index in [0.717, 1.165) is 35.8 Å². The Labute approximate surface area is 234 Å². The molecule has 1 heterocycles. The minimum atomic E-state index is -0.253. The van der Waals surface area contributed by atoms with Crippen LogP contribution in [0.4, 0.5) is 5.69 Å². The lowest BCUT2D eigenvalue weighted by molar-refractivity contribution is -0.134. The van der Waals surface area contributed by atoms with Gasteiger partial charge in [0, 0.05) is 68.4 Å². The second-order valence-electron chi connectivity index (χ2n) is 9.33. The highest BCUT2D eigenvalue weighted by atomic mass is 35.5. The van der Waals surface area contributed by atoms with Crippen molar-refractivity contribution in [2.45, 2.75) is 19.4 Å². The molecule has 206 valence electrons. The molecule has 1 fully saturated rings. The lowest BCUT2D eigenvalue weighted by atomic mass is 10.0. The number of carbonyl (C=O) groups excluding carboxylic acids is 2. The van der Waals surface area contributed by atoms with E-state index < -0.39 is 0 Å². The van der Waals surface area contributed by atoms with E-state index >= 15 is 0 Å². The van der Waals surface area contributed by atoms with Crippen molar-refractivity contribution in [1.82, 2.24) is 9.80 Å². The Kier molecular flexibility index (Phi) is 9.68. The molecule has 0 aliphatic carbocycles. The van der Waals surface area contributed by atoms with Gasteiger partial charge in [-0.3, -0.25) is 14.5 Å². The highest BCUT2D eigenvalue weighted by Gasteiger charge is 2.22. The normalized spacial score (nSPS) is 13.6. The highest BCUT2D eigenvalue weighted by Crippen LogP contribution is 2.40. The first-order chi connectivity index (χ1) is 18.9. The quantitative estimate of drug-likeness (QED) is 0.378. The summed E-state index contributed by atoms with van der Waals surface area (Å²) in [4.78, 5) is 29.5. The SMILES string of the molecule is COc1cc(NC(=O)CCC(=O)N2CCN(Cc3cccc(-c4ccc(Cl)cc4)c3)CC2)cc(OC)c1OC. The minimum absolute atomic E-state index is 0.0144. The summed E-state index contributed by atoms with van der Waals surface area (Å²) in [6.07, 6.45) is 0.243. The molecule has 39 heavy (non-hydrogen) atoms. The zero-order valence-electron chi connectivity index (χ0n) is 22.5. The van der Waals surface area contributed by atoms with Crippen LogP contribution in [-0.2, 0) is 16.1 Å². The second-order valence-corrected chi connectivity index (χ2v) is 9.76. The highest BCUT2D eigenvalue weighted by molar-refractivity contribution is 6.30. The van der Waals surface area contributed by atoms with Gasteiger partial charge in [-0.2, -0.15) is 0 Å². The van der Waals surface area contributed by atoms with E-state index in [-0.39, 0.29) is 24.7 Å². The maximum absolute atomic E-state index is 12.8. The average molecular weight is 552 g/mol. The summed E-state index contributed by atoms with van der Waals surface area (Å²) >= 11 is 6.02. The Hall–Kier alpha value is -3.75. The van der Waals surface area contributed by atoms with E-state index in [0.29, 0.717) is 36.0 Å². The zero-order chi connectivity index (χ0) is 27.8. The van der Waals surface area contributed by atoms with Crippen LogP contribution in [0.25, 0.3) is 11.1 Å². The van der Waals surface area contributed by atoms with Crippen molar-refractivity contribution >= 4 is 29.1 Å². The molecule has 0 atom stereocenters. The molecule has 1 saturated heterocycles. The van der Waals surface area contributed by atoms with Crippen molar-refractivity contribution in [1.29, 1.82) is 0 Å². The van der Waals surface area contributed by atoms with Crippen LogP contribution in [0.5, 0.6) is 17.2 Å². The fourth-order valence-electron chi connectivity index (χ4n) is 4.66. The number of nitrogens with one attached hydrogen (secondary N) is 1. The summed E-state index contributed by atoms with van der Waals surface area (Å²) < 4.78 is 16.0. The van der Waals surface area contributed by atoms with E-state index in [1.807, 2.05) is 29.2 Å². The third-order valence-electron chi connectivity index (χ3n) is 6.75. The molecule has 3 aromatic rings. The van der Waals surface area contributed by atoms with Crippen molar-refractivity contribution in [3.63, 3.8) is 0 Å². The van der Waals surface area contributed by atoms with Gasteiger partial charge in [-0.25, -0.2) is 0 Å². The zero-order valence-corrected chi connectivity index (χ0v) is 23.3. The summed E-state index contributed by atoms with van der Waals surface area (Å²) in [5.74, 6) is 1.06. The van der Waals surface area contributed by atoms with Crippen molar-refractivity contribution in [3.8, 4) is 28.4 Å². The van der Waals surface area contributed by atoms with Crippen LogP contribution in [0.2, 0.25) is 5.02 Å². The summed E-state index contributed by atoms with van der Waals surface area (Å²) in [6.45, 7) is 3.68. The smallest absolute Gasteiger partial charge is 0.224 e. The van der Waals surface area contributed by atoms with E-state index in [9.17, 15) is 9.59 Å². The molecular formula is C30H34ClN3O5. The Bertz CT molecular complexity index is 1270. The molecule has 1 aliphatic heterocycles. The van der Waals surface area contributed by atoms with Gasteiger partial charge >= 0.3 is 0 Å². The van der Waals surface area contributed by atoms with Gasteiger partial charge in [0.1, 0.15) is 0 Å². The molecule has 9 heteroatoms. The number of rotatable bonds is 10. The number of hydrogen-bond acceptors (Lipinski definition) is 6. The van der Waals surface area contributed by atoms with E-state index in [4.69, 9.17) is 25.8 Å². The standard InChI is InChI=1S/C30H34ClN3O5/c1-37-26-18-25(19-27(38-2)30(26)39-3)32-28(35)11-12-29(36)34-15-13-33(14-16-34)20-21-5-4-6-23(17-21)22-7-9-24(31)10-8-22/h4-10,17-19H,11-16,20H2,1-3H3,(H,32,35). The molecule has 0 bridgehead atoms. The predicted molar refractivity (Wildman–Crippen MR) is 153 cm³/mol. The Morgan fingerprint density at radius 1 is 0.821 bits per heavy atom. The topological polar surface area (TPSA) is 80.3 Å². The number of nitrogens with zero attached hydrogens (tertiary/aromatic N) is 2. The molecule has 0 saturated carbocycles. The summed E-state index contributed by atoms with van der Waals surface area (Å²) in [6, 6.07) is 19.7. The van der Waals surface area contributed by atoms with Crippen LogP contribution in [0.3, 0.4) is 0 Å². The monoisotopic (exact) mass is 551 g/mol. The fourth-order valence-corrected chi connectivity index (χ4v) is 4.79. The van der Waals surface area contributed by atoms with Gasteiger partial charge in [0.25, 0.3) is 0 Å². The lowest BCUT2D eigenvalue weighted by Gasteiger charge is -2.35. The molecule has 0 spiro atoms. The molecule has 8 nitrogen and oxygen atoms in total. The number of anilines is 1. The first-order valence-electron chi connectivity index (χ1n) is 12.8. The second kappa shape index (κ2) is 13.4. The van der Waals surface area contributed by atoms with Gasteiger partial charge in [-0.05, 0) is 34.9 Å². The molecule has 1 aliphatic rings. The number of amides is 2. The van der Waals surface area contributed by atoms with Crippen LogP contribution < -0.4 is 19.5 Å². The molecule has 4 rings (SSSR count). The predicted octanol–water partition coefficient (Wildman–Crippen LogP) is 5.10. The number of methoxy groups -OCH3 is 3. The minimum Gasteiger partial charge on any atom is -0.493 e. The third-order valence-corrected chi connectivity index (χ3v) is 7.00. The molecule has 0 unspecified atom stereocenters. The molecule has 0 aromatic heterocycles. The maximum atomic E-state index is 12.8. The largest absolute Gasteiger partial charge is 0.493 e. The van der Waals surface area contributed by atoms with Crippen LogP contribution >= 0.6 is 11.6 Å². The summed E-state index contributed by atoms with van der Waals surface area (Å²) in [5, 5.41) is 3.54. The number of benzene rings is 3. The van der Waals surface area contributed by atoms with E-state index in [2.05, 4.69) is 34.5 Å². The number of piperazine rings is 1. The van der Waals surface area contributed by atoms with Crippen molar-refractivity contribution < 1.29 is 23.8 Å². The maximum Gasteiger partial charge on any atom is 0.224 e. The van der Waals surface area contributed by atoms with Gasteiger partial charge in [-0.15, -0.1) is 0 Å². The van der Waals surface area contributed by atoms with Gasteiger partial charge in [0.2, 0.25) is 17.6 Å². The van der Waals surface area contributed by atoms with Gasteiger partial charge in [0.15, 0.2) is 11.5 Å². The van der Waals surface area contributed by atoms with Crippen molar-refractivity contribution in [2.24, 2.45) is 0 Å². The lowest BCUT2D eigenvalue weighted by Crippen LogP contribution is -2.48. The van der Waals surface area contributed by atoms with Crippen molar-refractivity contribution in [2.75, 3.05) is 52.8 Å². The van der Waals surface area contributed by atoms with Crippen LogP contribution in [0, 0.1) is 0 Å². The van der Waals surface area contributed by atoms with Crippen molar-refractivity contribution in [3.05, 3.63) is 71.2 Å². The molecule has 1 N–H and O–H groups in total. The first kappa shape index (κ1) is 28.3. The summed E-state index contributed by atoms with van der Waals surface area (Å²) in [5.41, 5.74) is 4.02. The van der Waals surface area contributed by atoms with Crippen LogP contribution in [-0.4, -0.2) is 69.1 Å². The first-order valence-corrected chi connectivity index (χ1v) is 13.2. The number of ether oxygens (including phenoxy) is 3. The van der Waals surface area contributed by atoms with E-state index in [1.54, 1.807) is 12.1 Å². The van der Waals surface area contributed by atoms with E-state index in [1.165, 1.54) is 26.9 Å².